The van der Waals surface area contributed by atoms with Crippen molar-refractivity contribution in [3.8, 4) is 5.75 Å². The molecule has 1 aliphatic heterocycles. The lowest BCUT2D eigenvalue weighted by Crippen LogP contribution is -2.41. The average molecular weight is 542 g/mol. The summed E-state index contributed by atoms with van der Waals surface area (Å²) in [5.41, 5.74) is 2.30. The highest BCUT2D eigenvalue weighted by Crippen LogP contribution is 2.35. The molecule has 1 unspecified atom stereocenters. The van der Waals surface area contributed by atoms with Gasteiger partial charge in [0.2, 0.25) is 5.91 Å². The Balaban J connectivity index is 1.55. The van der Waals surface area contributed by atoms with Crippen molar-refractivity contribution in [1.82, 2.24) is 5.32 Å². The van der Waals surface area contributed by atoms with Crippen molar-refractivity contribution in [3.05, 3.63) is 83.4 Å². The van der Waals surface area contributed by atoms with Gasteiger partial charge in [0.1, 0.15) is 12.3 Å². The van der Waals surface area contributed by atoms with Crippen LogP contribution >= 0.6 is 11.6 Å². The van der Waals surface area contributed by atoms with Crippen LogP contribution in [0.1, 0.15) is 37.8 Å². The molecule has 0 aromatic heterocycles. The predicted molar refractivity (Wildman–Crippen MR) is 148 cm³/mol. The Bertz CT molecular complexity index is 1310. The van der Waals surface area contributed by atoms with E-state index < -0.39 is 22.5 Å². The average Bonchev–Trinajstić information content (AvgIpc) is 2.92. The predicted octanol–water partition coefficient (Wildman–Crippen LogP) is 5.41. The fourth-order valence-electron chi connectivity index (χ4n) is 4.50. The molecule has 1 heterocycles. The second-order valence-electron chi connectivity index (χ2n) is 9.07. The Morgan fingerprint density at radius 1 is 1.03 bits per heavy atom. The molecule has 0 bridgehead atoms. The third kappa shape index (κ3) is 6.37. The fraction of sp³-hybridized carbons (Fsp3) is 0.321. The number of methoxy groups -OCH3 is 1. The summed E-state index contributed by atoms with van der Waals surface area (Å²) in [7, 11) is -2.65. The van der Waals surface area contributed by atoms with Crippen LogP contribution in [0.4, 0.5) is 11.4 Å². The highest BCUT2D eigenvalue weighted by Gasteiger charge is 2.30. The maximum absolute atomic E-state index is 13.6. The molecule has 1 aliphatic rings. The number of anilines is 2. The van der Waals surface area contributed by atoms with Gasteiger partial charge in [0.15, 0.2) is 0 Å². The lowest BCUT2D eigenvalue weighted by molar-refractivity contribution is -0.120. The number of piperidine rings is 1. The van der Waals surface area contributed by atoms with E-state index >= 15 is 0 Å². The van der Waals surface area contributed by atoms with Gasteiger partial charge >= 0.3 is 0 Å². The SMILES string of the molecule is COc1ccc(Cl)cc1N(CC(=O)NC(C)c1ccc(N2CCCCC2)cc1)S(=O)(=O)c1ccccc1. The van der Waals surface area contributed by atoms with Gasteiger partial charge in [-0.2, -0.15) is 0 Å². The first kappa shape index (κ1) is 26.8. The monoisotopic (exact) mass is 541 g/mol. The first-order valence-electron chi connectivity index (χ1n) is 12.3. The van der Waals surface area contributed by atoms with E-state index in [2.05, 4.69) is 22.3 Å². The van der Waals surface area contributed by atoms with Gasteiger partial charge in [0.05, 0.1) is 23.7 Å². The van der Waals surface area contributed by atoms with E-state index in [0.29, 0.717) is 5.02 Å². The molecule has 1 atom stereocenters. The van der Waals surface area contributed by atoms with E-state index in [0.717, 1.165) is 23.0 Å². The number of rotatable bonds is 9. The molecule has 0 aliphatic carbocycles. The zero-order chi connectivity index (χ0) is 26.4. The van der Waals surface area contributed by atoms with Crippen molar-refractivity contribution in [3.63, 3.8) is 0 Å². The molecule has 1 saturated heterocycles. The maximum Gasteiger partial charge on any atom is 0.264 e. The maximum atomic E-state index is 13.6. The standard InChI is InChI=1S/C28H32ClN3O4S/c1-21(22-11-14-24(15-12-22)31-17-7-4-8-18-31)30-28(33)20-32(26-19-23(29)13-16-27(26)36-2)37(34,35)25-9-5-3-6-10-25/h3,5-6,9-16,19,21H,4,7-8,17-18,20H2,1-2H3,(H,30,33). The van der Waals surface area contributed by atoms with E-state index in [9.17, 15) is 13.2 Å². The summed E-state index contributed by atoms with van der Waals surface area (Å²) in [5, 5.41) is 3.26. The van der Waals surface area contributed by atoms with Crippen LogP contribution in [-0.2, 0) is 14.8 Å². The molecule has 9 heteroatoms. The molecule has 0 radical (unpaired) electrons. The Kier molecular flexibility index (Phi) is 8.61. The normalized spacial score (nSPS) is 14.6. The highest BCUT2D eigenvalue weighted by molar-refractivity contribution is 7.92. The minimum atomic E-state index is -4.09. The van der Waals surface area contributed by atoms with Crippen LogP contribution < -0.4 is 19.3 Å². The zero-order valence-corrected chi connectivity index (χ0v) is 22.6. The smallest absolute Gasteiger partial charge is 0.264 e. The molecule has 3 aromatic rings. The van der Waals surface area contributed by atoms with Crippen molar-refractivity contribution >= 4 is 38.9 Å². The summed E-state index contributed by atoms with van der Waals surface area (Å²) in [4.78, 5) is 15.6. The summed E-state index contributed by atoms with van der Waals surface area (Å²) in [6, 6.07) is 20.5. The number of sulfonamides is 1. The molecule has 0 spiro atoms. The third-order valence-corrected chi connectivity index (χ3v) is 8.53. The van der Waals surface area contributed by atoms with E-state index in [1.807, 2.05) is 19.1 Å². The largest absolute Gasteiger partial charge is 0.495 e. The molecule has 37 heavy (non-hydrogen) atoms. The molecule has 3 aromatic carbocycles. The van der Waals surface area contributed by atoms with Gasteiger partial charge in [-0.1, -0.05) is 41.9 Å². The first-order chi connectivity index (χ1) is 17.8. The highest BCUT2D eigenvalue weighted by atomic mass is 35.5. The minimum absolute atomic E-state index is 0.0613. The Morgan fingerprint density at radius 3 is 2.35 bits per heavy atom. The third-order valence-electron chi connectivity index (χ3n) is 6.52. The number of benzene rings is 3. The molecule has 1 fully saturated rings. The van der Waals surface area contributed by atoms with Crippen LogP contribution in [-0.4, -0.2) is 41.1 Å². The summed E-state index contributed by atoms with van der Waals surface area (Å²) in [5.74, 6) is -0.160. The minimum Gasteiger partial charge on any atom is -0.495 e. The van der Waals surface area contributed by atoms with Crippen LogP contribution in [0.15, 0.2) is 77.7 Å². The summed E-state index contributed by atoms with van der Waals surface area (Å²) >= 11 is 6.20. The second kappa shape index (κ2) is 11.9. The Morgan fingerprint density at radius 2 is 1.70 bits per heavy atom. The fourth-order valence-corrected chi connectivity index (χ4v) is 6.11. The van der Waals surface area contributed by atoms with E-state index in [4.69, 9.17) is 16.3 Å². The van der Waals surface area contributed by atoms with Gasteiger partial charge in [0, 0.05) is 23.8 Å². The number of nitrogens with one attached hydrogen (secondary N) is 1. The lowest BCUT2D eigenvalue weighted by Gasteiger charge is -2.29. The van der Waals surface area contributed by atoms with E-state index in [1.54, 1.807) is 30.3 Å². The summed E-state index contributed by atoms with van der Waals surface area (Å²) in [6.45, 7) is 3.56. The van der Waals surface area contributed by atoms with Crippen LogP contribution in [0, 0.1) is 0 Å². The van der Waals surface area contributed by atoms with E-state index in [-0.39, 0.29) is 22.4 Å². The summed E-state index contributed by atoms with van der Waals surface area (Å²) in [6.07, 6.45) is 3.68. The molecule has 7 nitrogen and oxygen atoms in total. The number of hydrogen-bond donors (Lipinski definition) is 1. The van der Waals surface area contributed by atoms with Crippen molar-refractivity contribution in [2.24, 2.45) is 0 Å². The number of nitrogens with zero attached hydrogens (tertiary/aromatic N) is 2. The first-order valence-corrected chi connectivity index (χ1v) is 14.2. The van der Waals surface area contributed by atoms with Gasteiger partial charge in [-0.3, -0.25) is 9.10 Å². The van der Waals surface area contributed by atoms with Gasteiger partial charge in [-0.15, -0.1) is 0 Å². The molecular weight excluding hydrogens is 510 g/mol. The molecule has 196 valence electrons. The van der Waals surface area contributed by atoms with Crippen LogP contribution in [0.3, 0.4) is 0 Å². The Labute approximate surface area is 224 Å². The molecule has 4 rings (SSSR count). The van der Waals surface area contributed by atoms with Crippen LogP contribution in [0.25, 0.3) is 0 Å². The van der Waals surface area contributed by atoms with Gasteiger partial charge < -0.3 is 15.0 Å². The van der Waals surface area contributed by atoms with Gasteiger partial charge in [-0.25, -0.2) is 8.42 Å². The molecule has 1 amide bonds. The van der Waals surface area contributed by atoms with E-state index in [1.165, 1.54) is 50.3 Å². The lowest BCUT2D eigenvalue weighted by atomic mass is 10.1. The van der Waals surface area contributed by atoms with Crippen molar-refractivity contribution in [1.29, 1.82) is 0 Å². The number of carbonyl (C=O) groups is 1. The molecule has 0 saturated carbocycles. The number of ether oxygens (including phenoxy) is 1. The number of carbonyl (C=O) groups excluding carboxylic acids is 1. The van der Waals surface area contributed by atoms with Crippen LogP contribution in [0.2, 0.25) is 5.02 Å². The number of hydrogen-bond acceptors (Lipinski definition) is 5. The topological polar surface area (TPSA) is 79.0 Å². The zero-order valence-electron chi connectivity index (χ0n) is 21.1. The van der Waals surface area contributed by atoms with Crippen molar-refractivity contribution < 1.29 is 17.9 Å². The number of halogens is 1. The van der Waals surface area contributed by atoms with Crippen molar-refractivity contribution in [2.45, 2.75) is 37.1 Å². The number of amides is 1. The molecule has 1 N–H and O–H groups in total. The second-order valence-corrected chi connectivity index (χ2v) is 11.4. The quantitative estimate of drug-likeness (QED) is 0.392. The van der Waals surface area contributed by atoms with Gasteiger partial charge in [-0.05, 0) is 74.2 Å². The summed E-state index contributed by atoms with van der Waals surface area (Å²) < 4.78 is 33.7. The van der Waals surface area contributed by atoms with Gasteiger partial charge in [0.25, 0.3) is 10.0 Å². The van der Waals surface area contributed by atoms with Crippen molar-refractivity contribution in [2.75, 3.05) is 35.9 Å². The Hall–Kier alpha value is -3.23. The molecular formula is C28H32ClN3O4S. The van der Waals surface area contributed by atoms with Crippen LogP contribution in [0.5, 0.6) is 5.75 Å².